The summed E-state index contributed by atoms with van der Waals surface area (Å²) in [5.41, 5.74) is 0. The van der Waals surface area contributed by atoms with Crippen LogP contribution in [0.2, 0.25) is 0 Å². The molecule has 0 bridgehead atoms. The predicted molar refractivity (Wildman–Crippen MR) is 241 cm³/mol. The Kier molecular flexibility index (Phi) is 67.9. The van der Waals surface area contributed by atoms with Crippen LogP contribution in [0.4, 0.5) is 69.1 Å². The molecule has 0 fully saturated rings. The molecule has 0 aliphatic carbocycles. The van der Waals surface area contributed by atoms with Gasteiger partial charge in [-0.15, -0.1) is 0 Å². The van der Waals surface area contributed by atoms with Gasteiger partial charge in [0.2, 0.25) is 0 Å². The van der Waals surface area contributed by atoms with E-state index in [0.717, 1.165) is 0 Å². The Morgan fingerprint density at radius 1 is 0.304 bits per heavy atom. The topological polar surface area (TPSA) is 143 Å². The maximum absolute atomic E-state index is 9.75. The number of hydrogen-bond acceptors (Lipinski definition) is 6. The van der Waals surface area contributed by atoms with E-state index in [9.17, 15) is 69.1 Å². The SMILES string of the molecule is CC#N.CC#N.CC#N.CC#N.CC#N.CC#N.F[B-](F)(F)F.F[B-](F)(F)F.F[B-](F)(F)F.F[B-](F)(F)F.[Pd+2].[Pd+2].c1ccc(P(CCCP(c2ccccc2)c2ccccc2)c2ccccc2)cc1. The largest absolute Gasteiger partial charge is 2.00 e. The minimum Gasteiger partial charge on any atom is -0.418 e. The molecule has 69 heavy (non-hydrogen) atoms. The van der Waals surface area contributed by atoms with Gasteiger partial charge in [0, 0.05) is 41.5 Å². The fourth-order valence-corrected chi connectivity index (χ4v) is 8.59. The smallest absolute Gasteiger partial charge is 0.418 e. The van der Waals surface area contributed by atoms with Crippen molar-refractivity contribution in [2.24, 2.45) is 0 Å². The van der Waals surface area contributed by atoms with Gasteiger partial charge in [0.1, 0.15) is 0 Å². The second-order valence-corrected chi connectivity index (χ2v) is 15.0. The molecular formula is C39H44B4F16N6P2Pd2. The van der Waals surface area contributed by atoms with E-state index in [0.29, 0.717) is 0 Å². The number of nitriles is 6. The fraction of sp³-hybridized carbons (Fsp3) is 0.231. The van der Waals surface area contributed by atoms with E-state index in [4.69, 9.17) is 31.6 Å². The molecule has 30 heteroatoms. The van der Waals surface area contributed by atoms with Crippen LogP contribution in [-0.4, -0.2) is 41.3 Å². The van der Waals surface area contributed by atoms with Gasteiger partial charge in [-0.3, -0.25) is 0 Å². The van der Waals surface area contributed by atoms with Gasteiger partial charge < -0.3 is 69.1 Å². The van der Waals surface area contributed by atoms with E-state index in [-0.39, 0.29) is 56.7 Å². The van der Waals surface area contributed by atoms with Crippen LogP contribution in [0.5, 0.6) is 0 Å². The van der Waals surface area contributed by atoms with Gasteiger partial charge in [-0.1, -0.05) is 121 Å². The van der Waals surface area contributed by atoms with E-state index in [2.05, 4.69) is 121 Å². The first-order valence-electron chi connectivity index (χ1n) is 18.0. The summed E-state index contributed by atoms with van der Waals surface area (Å²) in [4.78, 5) is 0. The third kappa shape index (κ3) is 97.7. The molecular weight excluding hydrogens is 1170 g/mol. The molecule has 0 unspecified atom stereocenters. The first-order chi connectivity index (χ1) is 30.9. The second kappa shape index (κ2) is 55.7. The zero-order chi connectivity index (χ0) is 54.0. The molecule has 0 heterocycles. The van der Waals surface area contributed by atoms with Crippen molar-refractivity contribution in [3.63, 3.8) is 0 Å². The predicted octanol–water partition coefficient (Wildman–Crippen LogP) is 14.0. The molecule has 0 amide bonds. The van der Waals surface area contributed by atoms with Gasteiger partial charge in [-0.25, -0.2) is 0 Å². The summed E-state index contributed by atoms with van der Waals surface area (Å²) in [6, 6.07) is 54.8. The van der Waals surface area contributed by atoms with Crippen molar-refractivity contribution < 1.29 is 110 Å². The Hall–Kier alpha value is -4.86. The molecule has 4 rings (SSSR count). The fourth-order valence-electron chi connectivity index (χ4n) is 3.63. The zero-order valence-electron chi connectivity index (χ0n) is 37.2. The van der Waals surface area contributed by atoms with Crippen LogP contribution in [0.15, 0.2) is 121 Å². The zero-order valence-corrected chi connectivity index (χ0v) is 42.1. The van der Waals surface area contributed by atoms with Crippen molar-refractivity contribution in [2.75, 3.05) is 12.3 Å². The summed E-state index contributed by atoms with van der Waals surface area (Å²) in [7, 11) is -24.6. The van der Waals surface area contributed by atoms with Crippen LogP contribution in [0.3, 0.4) is 0 Å². The molecule has 0 saturated carbocycles. The maximum atomic E-state index is 9.75. The van der Waals surface area contributed by atoms with Crippen molar-refractivity contribution in [2.45, 2.75) is 48.0 Å². The number of rotatable bonds is 8. The first-order valence-corrected chi connectivity index (χ1v) is 21.1. The summed E-state index contributed by atoms with van der Waals surface area (Å²) in [6.07, 6.45) is 3.72. The van der Waals surface area contributed by atoms with Gasteiger partial charge in [0.05, 0.1) is 36.4 Å². The van der Waals surface area contributed by atoms with Gasteiger partial charge >= 0.3 is 69.9 Å². The molecule has 0 atom stereocenters. The van der Waals surface area contributed by atoms with Crippen molar-refractivity contribution in [1.29, 1.82) is 31.6 Å². The molecule has 0 aliphatic rings. The Labute approximate surface area is 423 Å². The van der Waals surface area contributed by atoms with Crippen molar-refractivity contribution >= 4 is 66.1 Å². The molecule has 0 saturated heterocycles. The van der Waals surface area contributed by atoms with E-state index < -0.39 is 29.0 Å². The van der Waals surface area contributed by atoms with E-state index >= 15 is 0 Å². The average molecular weight is 1220 g/mol. The number of nitrogens with zero attached hydrogens (tertiary/aromatic N) is 6. The monoisotopic (exact) mass is 1220 g/mol. The van der Waals surface area contributed by atoms with Crippen LogP contribution in [-0.2, 0) is 40.8 Å². The quantitative estimate of drug-likeness (QED) is 0.0976. The third-order valence-corrected chi connectivity index (χ3v) is 10.2. The van der Waals surface area contributed by atoms with Gasteiger partial charge in [-0.2, -0.15) is 31.6 Å². The molecule has 0 radical (unpaired) electrons. The summed E-state index contributed by atoms with van der Waals surface area (Å²) >= 11 is 0. The van der Waals surface area contributed by atoms with Gasteiger partial charge in [-0.05, 0) is 55.8 Å². The van der Waals surface area contributed by atoms with Crippen LogP contribution in [0, 0.1) is 68.0 Å². The van der Waals surface area contributed by atoms with Crippen LogP contribution >= 0.6 is 15.8 Å². The third-order valence-electron chi connectivity index (χ3n) is 5.03. The van der Waals surface area contributed by atoms with Crippen molar-refractivity contribution in [3.8, 4) is 36.4 Å². The second-order valence-electron chi connectivity index (χ2n) is 10.3. The summed E-state index contributed by atoms with van der Waals surface area (Å²) < 4.78 is 156. The number of hydrogen-bond donors (Lipinski definition) is 0. The molecule has 0 aliphatic heterocycles. The number of halogens is 16. The van der Waals surface area contributed by atoms with E-state index in [1.54, 1.807) is 36.4 Å². The van der Waals surface area contributed by atoms with Crippen molar-refractivity contribution in [3.05, 3.63) is 121 Å². The molecule has 0 aromatic heterocycles. The number of benzene rings is 4. The Morgan fingerprint density at radius 3 is 0.507 bits per heavy atom. The van der Waals surface area contributed by atoms with Crippen molar-refractivity contribution in [1.82, 2.24) is 0 Å². The van der Waals surface area contributed by atoms with E-state index in [1.807, 2.05) is 0 Å². The van der Waals surface area contributed by atoms with Gasteiger partial charge in [0.25, 0.3) is 0 Å². The Morgan fingerprint density at radius 2 is 0.406 bits per heavy atom. The summed E-state index contributed by atoms with van der Waals surface area (Å²) in [5.74, 6) is 0. The molecule has 6 nitrogen and oxygen atoms in total. The summed E-state index contributed by atoms with van der Waals surface area (Å²) in [5, 5.41) is 49.9. The van der Waals surface area contributed by atoms with Crippen LogP contribution in [0.1, 0.15) is 48.0 Å². The molecule has 0 spiro atoms. The van der Waals surface area contributed by atoms with Crippen LogP contribution < -0.4 is 21.2 Å². The molecule has 4 aromatic rings. The molecule has 0 N–H and O–H groups in total. The van der Waals surface area contributed by atoms with E-state index in [1.165, 1.54) is 81.5 Å². The Balaban J connectivity index is -0.000000106. The minimum absolute atomic E-state index is 0. The molecule has 384 valence electrons. The molecule has 4 aromatic carbocycles. The Bertz CT molecular complexity index is 1650. The maximum Gasteiger partial charge on any atom is 2.00 e. The standard InChI is InChI=1S/C27H26P2.6C2H3N.4BF4.2Pd/c1-5-14-24(15-6-1)28(25-16-7-2-8-17-25)22-13-23-29(26-18-9-3-10-19-26)27-20-11-4-12-21-27;6*1-2-3;4*2-1(3,4)5;;/h1-12,14-21H,13,22-23H2;6*1H3;;;;;;/q;;;;;;;4*-1;2*+2. The normalized spacial score (nSPS) is 8.84. The minimum atomic E-state index is -6.00. The summed E-state index contributed by atoms with van der Waals surface area (Å²) in [6.45, 7) is 8.58. The first kappa shape index (κ1) is 84.1. The van der Waals surface area contributed by atoms with Crippen LogP contribution in [0.25, 0.3) is 0 Å². The van der Waals surface area contributed by atoms with Gasteiger partial charge in [0.15, 0.2) is 0 Å². The average Bonchev–Trinajstić information content (AvgIpc) is 3.19.